The van der Waals surface area contributed by atoms with Gasteiger partial charge in [0.2, 0.25) is 0 Å². The Morgan fingerprint density at radius 3 is 2.59 bits per heavy atom. The lowest BCUT2D eigenvalue weighted by molar-refractivity contribution is -0.286. The summed E-state index contributed by atoms with van der Waals surface area (Å²) in [5.74, 6) is -0.000963. The van der Waals surface area contributed by atoms with E-state index in [4.69, 9.17) is 10.8 Å². The third kappa shape index (κ3) is 3.18. The number of nitrogens with two attached hydrogens (primary N) is 1. The van der Waals surface area contributed by atoms with E-state index in [1.165, 1.54) is 12.1 Å². The smallest absolute Gasteiger partial charge is 0.395 e. The molecule has 1 unspecified atom stereocenters. The topological polar surface area (TPSA) is 64.7 Å². The average molecular weight is 268 g/mol. The molecule has 1 aliphatic heterocycles. The fraction of sp³-hybridized carbons (Fsp3) is 0.400. The van der Waals surface area contributed by atoms with Crippen LogP contribution in [0.3, 0.4) is 0 Å². The molecule has 0 aromatic heterocycles. The standard InChI is InChI=1S/C10H11F2NO3.ClH/c11-10(12)15-8-2-1-6(3-7(13)5-14)4-9(8)16-10;/h1-2,4,7,14H,3,5,13H2;1H. The summed E-state index contributed by atoms with van der Waals surface area (Å²) in [5.41, 5.74) is 6.24. The van der Waals surface area contributed by atoms with E-state index in [0.717, 1.165) is 0 Å². The van der Waals surface area contributed by atoms with Gasteiger partial charge in [0.05, 0.1) is 6.61 Å². The van der Waals surface area contributed by atoms with Crippen LogP contribution >= 0.6 is 12.4 Å². The summed E-state index contributed by atoms with van der Waals surface area (Å²) in [6.07, 6.45) is -3.21. The van der Waals surface area contributed by atoms with Crippen LogP contribution in [0.4, 0.5) is 8.78 Å². The highest BCUT2D eigenvalue weighted by Gasteiger charge is 2.43. The van der Waals surface area contributed by atoms with Crippen LogP contribution in [-0.4, -0.2) is 24.0 Å². The number of aliphatic hydroxyl groups excluding tert-OH is 1. The molecule has 4 nitrogen and oxygen atoms in total. The van der Waals surface area contributed by atoms with E-state index in [9.17, 15) is 8.78 Å². The number of aliphatic hydroxyl groups is 1. The number of hydrogen-bond donors (Lipinski definition) is 2. The van der Waals surface area contributed by atoms with Crippen molar-refractivity contribution in [2.75, 3.05) is 6.61 Å². The highest BCUT2D eigenvalue weighted by Crippen LogP contribution is 2.41. The first-order chi connectivity index (χ1) is 7.50. The van der Waals surface area contributed by atoms with Gasteiger partial charge in [-0.3, -0.25) is 0 Å². The normalized spacial score (nSPS) is 17.4. The van der Waals surface area contributed by atoms with Gasteiger partial charge in [0.25, 0.3) is 0 Å². The van der Waals surface area contributed by atoms with Crippen LogP contribution in [0.2, 0.25) is 0 Å². The molecule has 0 saturated carbocycles. The number of halogens is 3. The highest BCUT2D eigenvalue weighted by atomic mass is 35.5. The van der Waals surface area contributed by atoms with E-state index in [1.54, 1.807) is 6.07 Å². The van der Waals surface area contributed by atoms with Crippen LogP contribution in [-0.2, 0) is 6.42 Å². The van der Waals surface area contributed by atoms with Crippen LogP contribution in [0.5, 0.6) is 11.5 Å². The second-order valence-corrected chi connectivity index (χ2v) is 3.60. The van der Waals surface area contributed by atoms with E-state index in [2.05, 4.69) is 9.47 Å². The van der Waals surface area contributed by atoms with E-state index in [0.29, 0.717) is 12.0 Å². The molecule has 0 fully saturated rings. The van der Waals surface area contributed by atoms with Crippen LogP contribution in [0.25, 0.3) is 0 Å². The Balaban J connectivity index is 0.00000144. The molecule has 0 aliphatic carbocycles. The quantitative estimate of drug-likeness (QED) is 0.866. The summed E-state index contributed by atoms with van der Waals surface area (Å²) in [7, 11) is 0. The minimum absolute atomic E-state index is 0. The summed E-state index contributed by atoms with van der Waals surface area (Å²) >= 11 is 0. The molecule has 1 aromatic carbocycles. The SMILES string of the molecule is Cl.NC(CO)Cc1ccc2c(c1)OC(F)(F)O2. The zero-order valence-corrected chi connectivity index (χ0v) is 9.55. The van der Waals surface area contributed by atoms with Crippen molar-refractivity contribution in [1.29, 1.82) is 0 Å². The lowest BCUT2D eigenvalue weighted by atomic mass is 10.1. The van der Waals surface area contributed by atoms with Gasteiger partial charge < -0.3 is 20.3 Å². The molecular weight excluding hydrogens is 256 g/mol. The van der Waals surface area contributed by atoms with Crippen molar-refractivity contribution < 1.29 is 23.4 Å². The number of hydrogen-bond acceptors (Lipinski definition) is 4. The van der Waals surface area contributed by atoms with Crippen LogP contribution < -0.4 is 15.2 Å². The summed E-state index contributed by atoms with van der Waals surface area (Å²) in [5, 5.41) is 8.77. The Hall–Kier alpha value is -1.11. The van der Waals surface area contributed by atoms with Crippen LogP contribution in [0.1, 0.15) is 5.56 Å². The summed E-state index contributed by atoms with van der Waals surface area (Å²) < 4.78 is 33.9. The van der Waals surface area contributed by atoms with E-state index >= 15 is 0 Å². The van der Waals surface area contributed by atoms with Gasteiger partial charge in [0, 0.05) is 6.04 Å². The molecule has 2 rings (SSSR count). The van der Waals surface area contributed by atoms with Gasteiger partial charge in [0.15, 0.2) is 11.5 Å². The molecule has 0 saturated heterocycles. The zero-order chi connectivity index (χ0) is 11.8. The van der Waals surface area contributed by atoms with Gasteiger partial charge in [-0.1, -0.05) is 6.07 Å². The Bertz CT molecular complexity index is 403. The highest BCUT2D eigenvalue weighted by molar-refractivity contribution is 5.85. The lowest BCUT2D eigenvalue weighted by Gasteiger charge is -2.08. The molecule has 0 radical (unpaired) electrons. The van der Waals surface area contributed by atoms with Crippen molar-refractivity contribution in [2.24, 2.45) is 5.73 Å². The third-order valence-electron chi connectivity index (χ3n) is 2.20. The third-order valence-corrected chi connectivity index (χ3v) is 2.20. The predicted octanol–water partition coefficient (Wildman–Crippen LogP) is 1.29. The molecule has 0 spiro atoms. The van der Waals surface area contributed by atoms with Gasteiger partial charge in [-0.25, -0.2) is 0 Å². The van der Waals surface area contributed by atoms with Crippen molar-refractivity contribution in [3.05, 3.63) is 23.8 Å². The lowest BCUT2D eigenvalue weighted by Crippen LogP contribution is -2.26. The van der Waals surface area contributed by atoms with Gasteiger partial charge in [0.1, 0.15) is 0 Å². The Morgan fingerprint density at radius 2 is 1.94 bits per heavy atom. The van der Waals surface area contributed by atoms with Crippen LogP contribution in [0, 0.1) is 0 Å². The maximum absolute atomic E-state index is 12.7. The Labute approximate surface area is 103 Å². The van der Waals surface area contributed by atoms with E-state index in [-0.39, 0.29) is 30.5 Å². The summed E-state index contributed by atoms with van der Waals surface area (Å²) in [6, 6.07) is 4.03. The molecule has 7 heteroatoms. The molecule has 1 atom stereocenters. The van der Waals surface area contributed by atoms with Gasteiger partial charge >= 0.3 is 6.29 Å². The van der Waals surface area contributed by atoms with Gasteiger partial charge in [-0.15, -0.1) is 21.2 Å². The second kappa shape index (κ2) is 5.03. The van der Waals surface area contributed by atoms with Crippen molar-refractivity contribution in [1.82, 2.24) is 0 Å². The van der Waals surface area contributed by atoms with Crippen molar-refractivity contribution >= 4 is 12.4 Å². The van der Waals surface area contributed by atoms with Gasteiger partial charge in [-0.05, 0) is 24.1 Å². The van der Waals surface area contributed by atoms with Crippen molar-refractivity contribution in [3.63, 3.8) is 0 Å². The van der Waals surface area contributed by atoms with Crippen LogP contribution in [0.15, 0.2) is 18.2 Å². The molecule has 0 amide bonds. The average Bonchev–Trinajstić information content (AvgIpc) is 2.51. The molecule has 96 valence electrons. The maximum atomic E-state index is 12.7. The molecular formula is C10H12ClF2NO3. The Kier molecular flexibility index (Phi) is 4.13. The largest absolute Gasteiger partial charge is 0.586 e. The second-order valence-electron chi connectivity index (χ2n) is 3.60. The number of ether oxygens (including phenoxy) is 2. The molecule has 1 aliphatic rings. The number of fused-ring (bicyclic) bond motifs is 1. The fourth-order valence-electron chi connectivity index (χ4n) is 1.49. The minimum Gasteiger partial charge on any atom is -0.395 e. The molecule has 0 bridgehead atoms. The zero-order valence-electron chi connectivity index (χ0n) is 8.73. The molecule has 1 aromatic rings. The first-order valence-corrected chi connectivity index (χ1v) is 4.75. The molecule has 3 N–H and O–H groups in total. The first kappa shape index (κ1) is 14.0. The van der Waals surface area contributed by atoms with Crippen molar-refractivity contribution in [2.45, 2.75) is 18.8 Å². The predicted molar refractivity (Wildman–Crippen MR) is 58.7 cm³/mol. The minimum atomic E-state index is -3.60. The fourth-order valence-corrected chi connectivity index (χ4v) is 1.49. The molecule has 1 heterocycles. The maximum Gasteiger partial charge on any atom is 0.586 e. The number of benzene rings is 1. The monoisotopic (exact) mass is 267 g/mol. The van der Waals surface area contributed by atoms with Crippen molar-refractivity contribution in [3.8, 4) is 11.5 Å². The number of alkyl halides is 2. The number of rotatable bonds is 3. The summed E-state index contributed by atoms with van der Waals surface area (Å²) in [6.45, 7) is -0.162. The first-order valence-electron chi connectivity index (χ1n) is 4.75. The van der Waals surface area contributed by atoms with E-state index in [1.807, 2.05) is 0 Å². The van der Waals surface area contributed by atoms with Gasteiger partial charge in [-0.2, -0.15) is 0 Å². The molecule has 17 heavy (non-hydrogen) atoms. The Morgan fingerprint density at radius 1 is 1.29 bits per heavy atom. The summed E-state index contributed by atoms with van der Waals surface area (Å²) in [4.78, 5) is 0. The van der Waals surface area contributed by atoms with E-state index < -0.39 is 12.3 Å².